The van der Waals surface area contributed by atoms with Crippen LogP contribution in [-0.2, 0) is 0 Å². The minimum absolute atomic E-state index is 0.306. The fraction of sp³-hybridized carbons (Fsp3) is 0. The number of fused-ring (bicyclic) bond motifs is 1. The van der Waals surface area contributed by atoms with E-state index in [0.29, 0.717) is 23.0 Å². The Morgan fingerprint density at radius 1 is 1.09 bits per heavy atom. The highest BCUT2D eigenvalue weighted by Gasteiger charge is 2.13. The summed E-state index contributed by atoms with van der Waals surface area (Å²) in [5.74, 6) is 0.936. The largest absolute Gasteiger partial charge is 0.384 e. The second-order valence-corrected chi connectivity index (χ2v) is 4.76. The van der Waals surface area contributed by atoms with Gasteiger partial charge in [-0.15, -0.1) is 5.10 Å². The Bertz CT molecular complexity index is 961. The van der Waals surface area contributed by atoms with Crippen LogP contribution in [0.5, 0.6) is 0 Å². The SMILES string of the molecule is Nc1cc(-c2cccc(F)c2)cc2nc(-c3ccno3)nn12. The average molecular weight is 295 g/mol. The van der Waals surface area contributed by atoms with Crippen LogP contribution in [0.3, 0.4) is 0 Å². The molecule has 4 rings (SSSR count). The first kappa shape index (κ1) is 12.5. The highest BCUT2D eigenvalue weighted by atomic mass is 19.1. The number of nitrogens with zero attached hydrogens (tertiary/aromatic N) is 4. The van der Waals surface area contributed by atoms with Gasteiger partial charge in [0, 0.05) is 6.07 Å². The summed E-state index contributed by atoms with van der Waals surface area (Å²) in [6.07, 6.45) is 1.52. The van der Waals surface area contributed by atoms with Crippen LogP contribution in [0.1, 0.15) is 0 Å². The Hall–Kier alpha value is -3.22. The molecule has 0 radical (unpaired) electrons. The second kappa shape index (κ2) is 4.66. The van der Waals surface area contributed by atoms with Gasteiger partial charge in [-0.25, -0.2) is 9.37 Å². The van der Waals surface area contributed by atoms with Crippen molar-refractivity contribution in [1.29, 1.82) is 0 Å². The number of benzene rings is 1. The van der Waals surface area contributed by atoms with Gasteiger partial charge in [-0.05, 0) is 35.4 Å². The molecule has 0 saturated carbocycles. The fourth-order valence-electron chi connectivity index (χ4n) is 2.28. The van der Waals surface area contributed by atoms with Crippen LogP contribution in [0.25, 0.3) is 28.4 Å². The molecule has 0 aliphatic rings. The monoisotopic (exact) mass is 295 g/mol. The van der Waals surface area contributed by atoms with Crippen molar-refractivity contribution in [2.75, 3.05) is 5.73 Å². The van der Waals surface area contributed by atoms with Crippen molar-refractivity contribution in [3.63, 3.8) is 0 Å². The topological polar surface area (TPSA) is 82.2 Å². The lowest BCUT2D eigenvalue weighted by atomic mass is 10.1. The zero-order chi connectivity index (χ0) is 15.1. The van der Waals surface area contributed by atoms with E-state index in [4.69, 9.17) is 10.3 Å². The van der Waals surface area contributed by atoms with Crippen molar-refractivity contribution in [2.24, 2.45) is 0 Å². The number of hydrogen-bond acceptors (Lipinski definition) is 5. The third kappa shape index (κ3) is 1.99. The molecule has 7 heteroatoms. The molecule has 0 fully saturated rings. The average Bonchev–Trinajstić information content (AvgIpc) is 3.16. The van der Waals surface area contributed by atoms with Crippen LogP contribution in [0.2, 0.25) is 0 Å². The normalized spacial score (nSPS) is 11.1. The van der Waals surface area contributed by atoms with E-state index in [1.165, 1.54) is 22.8 Å². The van der Waals surface area contributed by atoms with E-state index in [2.05, 4.69) is 15.2 Å². The van der Waals surface area contributed by atoms with E-state index >= 15 is 0 Å². The molecule has 2 N–H and O–H groups in total. The highest BCUT2D eigenvalue weighted by molar-refractivity contribution is 5.71. The van der Waals surface area contributed by atoms with Crippen molar-refractivity contribution in [1.82, 2.24) is 19.8 Å². The van der Waals surface area contributed by atoms with Crippen molar-refractivity contribution in [3.8, 4) is 22.7 Å². The minimum Gasteiger partial charge on any atom is -0.384 e. The van der Waals surface area contributed by atoms with Crippen LogP contribution < -0.4 is 5.73 Å². The van der Waals surface area contributed by atoms with E-state index in [-0.39, 0.29) is 5.82 Å². The lowest BCUT2D eigenvalue weighted by Gasteiger charge is -2.04. The number of hydrogen-bond donors (Lipinski definition) is 1. The van der Waals surface area contributed by atoms with E-state index in [1.807, 2.05) is 6.07 Å². The van der Waals surface area contributed by atoms with Crippen LogP contribution in [0.15, 0.2) is 53.2 Å². The van der Waals surface area contributed by atoms with Crippen LogP contribution in [0.4, 0.5) is 10.2 Å². The van der Waals surface area contributed by atoms with Gasteiger partial charge in [-0.3, -0.25) is 0 Å². The molecular weight excluding hydrogens is 285 g/mol. The Kier molecular flexibility index (Phi) is 2.65. The molecule has 0 atom stereocenters. The summed E-state index contributed by atoms with van der Waals surface area (Å²) in [6.45, 7) is 0. The van der Waals surface area contributed by atoms with Crippen LogP contribution >= 0.6 is 0 Å². The Balaban J connectivity index is 1.89. The first-order valence-electron chi connectivity index (χ1n) is 6.54. The van der Waals surface area contributed by atoms with Gasteiger partial charge in [0.2, 0.25) is 11.6 Å². The second-order valence-electron chi connectivity index (χ2n) is 4.76. The lowest BCUT2D eigenvalue weighted by Crippen LogP contribution is -1.99. The molecule has 0 amide bonds. The Labute approximate surface area is 124 Å². The molecule has 22 heavy (non-hydrogen) atoms. The first-order valence-corrected chi connectivity index (χ1v) is 6.54. The summed E-state index contributed by atoms with van der Waals surface area (Å²) < 4.78 is 19.9. The van der Waals surface area contributed by atoms with Gasteiger partial charge in [-0.1, -0.05) is 17.3 Å². The predicted molar refractivity (Wildman–Crippen MR) is 78.3 cm³/mol. The molecule has 4 aromatic rings. The molecule has 3 aromatic heterocycles. The standard InChI is InChI=1S/C15H10FN5O/c16-11-3-1-2-9(6-11)10-7-13(17)21-14(8-10)19-15(20-21)12-4-5-18-22-12/h1-8H,17H2. The van der Waals surface area contributed by atoms with Gasteiger partial charge in [0.25, 0.3) is 0 Å². The number of rotatable bonds is 2. The number of nitrogen functional groups attached to an aromatic ring is 1. The summed E-state index contributed by atoms with van der Waals surface area (Å²) >= 11 is 0. The molecule has 0 unspecified atom stereocenters. The Morgan fingerprint density at radius 3 is 2.77 bits per heavy atom. The van der Waals surface area contributed by atoms with Gasteiger partial charge in [0.05, 0.1) is 6.20 Å². The van der Waals surface area contributed by atoms with Crippen molar-refractivity contribution >= 4 is 11.5 Å². The molecule has 3 heterocycles. The van der Waals surface area contributed by atoms with E-state index in [0.717, 1.165) is 11.1 Å². The lowest BCUT2D eigenvalue weighted by molar-refractivity contribution is 0.429. The van der Waals surface area contributed by atoms with Crippen molar-refractivity contribution in [3.05, 3.63) is 54.5 Å². The maximum absolute atomic E-state index is 13.4. The third-order valence-electron chi connectivity index (χ3n) is 3.28. The quantitative estimate of drug-likeness (QED) is 0.615. The maximum atomic E-state index is 13.4. The molecule has 6 nitrogen and oxygen atoms in total. The van der Waals surface area contributed by atoms with Gasteiger partial charge in [-0.2, -0.15) is 4.52 Å². The minimum atomic E-state index is -0.306. The molecular formula is C15H10FN5O. The van der Waals surface area contributed by atoms with E-state index < -0.39 is 0 Å². The summed E-state index contributed by atoms with van der Waals surface area (Å²) in [5.41, 5.74) is 8.05. The number of pyridine rings is 1. The van der Waals surface area contributed by atoms with E-state index in [1.54, 1.807) is 24.3 Å². The summed E-state index contributed by atoms with van der Waals surface area (Å²) in [7, 11) is 0. The zero-order valence-electron chi connectivity index (χ0n) is 11.3. The molecule has 0 saturated heterocycles. The van der Waals surface area contributed by atoms with Crippen LogP contribution in [-0.4, -0.2) is 19.8 Å². The number of aromatic nitrogens is 4. The Morgan fingerprint density at radius 2 is 2.00 bits per heavy atom. The zero-order valence-corrected chi connectivity index (χ0v) is 11.3. The molecule has 0 bridgehead atoms. The third-order valence-corrected chi connectivity index (χ3v) is 3.28. The number of anilines is 1. The number of halogens is 1. The maximum Gasteiger partial charge on any atom is 0.220 e. The van der Waals surface area contributed by atoms with Gasteiger partial charge >= 0.3 is 0 Å². The van der Waals surface area contributed by atoms with Gasteiger partial charge in [0.1, 0.15) is 11.6 Å². The highest BCUT2D eigenvalue weighted by Crippen LogP contribution is 2.25. The molecule has 0 spiro atoms. The van der Waals surface area contributed by atoms with Gasteiger partial charge < -0.3 is 10.3 Å². The number of nitrogens with two attached hydrogens (primary N) is 1. The summed E-state index contributed by atoms with van der Waals surface area (Å²) in [5, 5.41) is 7.91. The van der Waals surface area contributed by atoms with Crippen LogP contribution in [0, 0.1) is 5.82 Å². The van der Waals surface area contributed by atoms with Crippen molar-refractivity contribution < 1.29 is 8.91 Å². The summed E-state index contributed by atoms with van der Waals surface area (Å²) in [6, 6.07) is 11.5. The molecule has 0 aliphatic heterocycles. The van der Waals surface area contributed by atoms with E-state index in [9.17, 15) is 4.39 Å². The smallest absolute Gasteiger partial charge is 0.220 e. The molecule has 108 valence electrons. The van der Waals surface area contributed by atoms with Crippen molar-refractivity contribution in [2.45, 2.75) is 0 Å². The van der Waals surface area contributed by atoms with Gasteiger partial charge in [0.15, 0.2) is 5.65 Å². The fourth-order valence-corrected chi connectivity index (χ4v) is 2.28. The molecule has 1 aromatic carbocycles. The first-order chi connectivity index (χ1) is 10.7. The predicted octanol–water partition coefficient (Wildman–Crippen LogP) is 2.77. The summed E-state index contributed by atoms with van der Waals surface area (Å²) in [4.78, 5) is 4.37. The molecule has 0 aliphatic carbocycles.